The number of H-pyrrole nitrogens is 1. The number of aryl methyl sites for hydroxylation is 1. The number of amides is 1. The number of aromatic nitrogens is 1. The Bertz CT molecular complexity index is 945. The molecule has 0 saturated carbocycles. The summed E-state index contributed by atoms with van der Waals surface area (Å²) in [4.78, 5) is 29.8. The van der Waals surface area contributed by atoms with Crippen LogP contribution >= 0.6 is 0 Å². The van der Waals surface area contributed by atoms with Crippen LogP contribution in [0, 0.1) is 6.92 Å². The van der Waals surface area contributed by atoms with Crippen molar-refractivity contribution in [2.75, 3.05) is 4.90 Å². The number of carbonyl (C=O) groups excluding carboxylic acids is 1. The lowest BCUT2D eigenvalue weighted by molar-refractivity contribution is -0.118. The molecule has 1 N–H and O–H groups in total. The van der Waals surface area contributed by atoms with Crippen molar-refractivity contribution < 1.29 is 4.79 Å². The Morgan fingerprint density at radius 2 is 1.84 bits per heavy atom. The minimum absolute atomic E-state index is 0.0254. The average Bonchev–Trinajstić information content (AvgIpc) is 2.61. The first-order chi connectivity index (χ1) is 12.1. The number of para-hydroxylation sites is 2. The Labute approximate surface area is 147 Å². The molecule has 1 amide bonds. The molecule has 0 aliphatic heterocycles. The summed E-state index contributed by atoms with van der Waals surface area (Å²) in [7, 11) is 0. The van der Waals surface area contributed by atoms with E-state index < -0.39 is 0 Å². The summed E-state index contributed by atoms with van der Waals surface area (Å²) in [5.74, 6) is 0.0254. The number of hydrogen-bond donors (Lipinski definition) is 1. The van der Waals surface area contributed by atoms with E-state index in [1.165, 1.54) is 0 Å². The zero-order chi connectivity index (χ0) is 17.8. The smallest absolute Gasteiger partial charge is 0.253 e. The summed E-state index contributed by atoms with van der Waals surface area (Å²) in [5, 5.41) is 0.977. The summed E-state index contributed by atoms with van der Waals surface area (Å²) in [6.45, 7) is 4.22. The molecule has 4 heteroatoms. The van der Waals surface area contributed by atoms with Crippen molar-refractivity contribution >= 4 is 22.5 Å². The molecule has 0 aliphatic carbocycles. The molecular formula is C21H22N2O2. The second-order valence-corrected chi connectivity index (χ2v) is 6.23. The molecule has 128 valence electrons. The standard InChI is InChI=1S/C21H22N2O2/c1-3-8-19(24)23(18-11-5-4-6-12-18)14-17-13-16-10-7-9-15(2)20(16)22-21(17)25/h4-7,9-13H,3,8,14H2,1-2H3,(H,22,25). The molecule has 0 unspecified atom stereocenters. The van der Waals surface area contributed by atoms with Crippen molar-refractivity contribution in [2.24, 2.45) is 0 Å². The van der Waals surface area contributed by atoms with E-state index in [9.17, 15) is 9.59 Å². The van der Waals surface area contributed by atoms with Gasteiger partial charge in [0.1, 0.15) is 0 Å². The van der Waals surface area contributed by atoms with E-state index in [1.807, 2.05) is 68.4 Å². The monoisotopic (exact) mass is 334 g/mol. The van der Waals surface area contributed by atoms with Gasteiger partial charge in [0.2, 0.25) is 5.91 Å². The van der Waals surface area contributed by atoms with Crippen LogP contribution in [0.4, 0.5) is 5.69 Å². The number of benzene rings is 2. The largest absolute Gasteiger partial charge is 0.321 e. The van der Waals surface area contributed by atoms with E-state index in [0.29, 0.717) is 12.0 Å². The van der Waals surface area contributed by atoms with Crippen molar-refractivity contribution in [2.45, 2.75) is 33.2 Å². The highest BCUT2D eigenvalue weighted by atomic mass is 16.2. The fourth-order valence-corrected chi connectivity index (χ4v) is 3.00. The molecule has 25 heavy (non-hydrogen) atoms. The van der Waals surface area contributed by atoms with Crippen LogP contribution in [0.5, 0.6) is 0 Å². The van der Waals surface area contributed by atoms with Gasteiger partial charge in [0, 0.05) is 17.7 Å². The van der Waals surface area contributed by atoms with Gasteiger partial charge in [-0.15, -0.1) is 0 Å². The lowest BCUT2D eigenvalue weighted by Gasteiger charge is -2.23. The Hall–Kier alpha value is -2.88. The van der Waals surface area contributed by atoms with Gasteiger partial charge in [-0.3, -0.25) is 9.59 Å². The molecule has 0 spiro atoms. The van der Waals surface area contributed by atoms with Crippen molar-refractivity contribution in [1.82, 2.24) is 4.98 Å². The van der Waals surface area contributed by atoms with E-state index in [2.05, 4.69) is 4.98 Å². The summed E-state index contributed by atoms with van der Waals surface area (Å²) < 4.78 is 0. The average molecular weight is 334 g/mol. The van der Waals surface area contributed by atoms with Crippen LogP contribution < -0.4 is 10.5 Å². The van der Waals surface area contributed by atoms with Gasteiger partial charge < -0.3 is 9.88 Å². The first-order valence-electron chi connectivity index (χ1n) is 8.57. The van der Waals surface area contributed by atoms with Crippen LogP contribution in [-0.2, 0) is 11.3 Å². The van der Waals surface area contributed by atoms with Crippen LogP contribution in [0.2, 0.25) is 0 Å². The highest BCUT2D eigenvalue weighted by Crippen LogP contribution is 2.20. The minimum Gasteiger partial charge on any atom is -0.321 e. The maximum absolute atomic E-state index is 12.6. The number of pyridine rings is 1. The number of nitrogens with one attached hydrogen (secondary N) is 1. The fraction of sp³-hybridized carbons (Fsp3) is 0.238. The molecule has 0 atom stereocenters. The molecule has 0 bridgehead atoms. The summed E-state index contributed by atoms with van der Waals surface area (Å²) in [5.41, 5.74) is 3.13. The number of hydrogen-bond acceptors (Lipinski definition) is 2. The van der Waals surface area contributed by atoms with Crippen LogP contribution in [0.15, 0.2) is 59.4 Å². The van der Waals surface area contributed by atoms with Gasteiger partial charge in [0.25, 0.3) is 5.56 Å². The lowest BCUT2D eigenvalue weighted by atomic mass is 10.1. The molecular weight excluding hydrogens is 312 g/mol. The Morgan fingerprint density at radius 3 is 2.56 bits per heavy atom. The van der Waals surface area contributed by atoms with E-state index >= 15 is 0 Å². The molecule has 0 saturated heterocycles. The first kappa shape index (κ1) is 17.0. The molecule has 4 nitrogen and oxygen atoms in total. The molecule has 1 aromatic heterocycles. The van der Waals surface area contributed by atoms with E-state index in [-0.39, 0.29) is 18.0 Å². The van der Waals surface area contributed by atoms with Gasteiger partial charge in [0.05, 0.1) is 12.1 Å². The highest BCUT2D eigenvalue weighted by molar-refractivity contribution is 5.93. The molecule has 0 radical (unpaired) electrons. The number of aromatic amines is 1. The Balaban J connectivity index is 2.02. The third-order valence-corrected chi connectivity index (χ3v) is 4.33. The lowest BCUT2D eigenvalue weighted by Crippen LogP contribution is -2.32. The van der Waals surface area contributed by atoms with Gasteiger partial charge in [0.15, 0.2) is 0 Å². The summed E-state index contributed by atoms with van der Waals surface area (Å²) in [6, 6.07) is 17.3. The Kier molecular flexibility index (Phi) is 4.98. The maximum Gasteiger partial charge on any atom is 0.253 e. The van der Waals surface area contributed by atoms with E-state index in [0.717, 1.165) is 28.6 Å². The highest BCUT2D eigenvalue weighted by Gasteiger charge is 2.17. The fourth-order valence-electron chi connectivity index (χ4n) is 3.00. The van der Waals surface area contributed by atoms with Gasteiger partial charge in [-0.2, -0.15) is 0 Å². The van der Waals surface area contributed by atoms with Crippen LogP contribution in [0.3, 0.4) is 0 Å². The summed E-state index contributed by atoms with van der Waals surface area (Å²) >= 11 is 0. The van der Waals surface area contributed by atoms with Gasteiger partial charge in [-0.25, -0.2) is 0 Å². The maximum atomic E-state index is 12.6. The molecule has 3 rings (SSSR count). The molecule has 0 aliphatic rings. The quantitative estimate of drug-likeness (QED) is 0.761. The second kappa shape index (κ2) is 7.34. The van der Waals surface area contributed by atoms with Gasteiger partial charge in [-0.05, 0) is 42.5 Å². The molecule has 2 aromatic carbocycles. The minimum atomic E-state index is -0.146. The predicted octanol–water partition coefficient (Wildman–Crippen LogP) is 4.17. The first-order valence-corrected chi connectivity index (χ1v) is 8.57. The van der Waals surface area contributed by atoms with Crippen LogP contribution in [0.1, 0.15) is 30.9 Å². The van der Waals surface area contributed by atoms with Crippen molar-refractivity contribution in [3.05, 3.63) is 76.1 Å². The van der Waals surface area contributed by atoms with Crippen molar-refractivity contribution in [3.63, 3.8) is 0 Å². The topological polar surface area (TPSA) is 53.2 Å². The zero-order valence-corrected chi connectivity index (χ0v) is 14.6. The predicted molar refractivity (Wildman–Crippen MR) is 102 cm³/mol. The number of carbonyl (C=O) groups is 1. The third kappa shape index (κ3) is 3.63. The van der Waals surface area contributed by atoms with Crippen LogP contribution in [0.25, 0.3) is 10.9 Å². The molecule has 3 aromatic rings. The van der Waals surface area contributed by atoms with Gasteiger partial charge in [-0.1, -0.05) is 43.3 Å². The van der Waals surface area contributed by atoms with Crippen molar-refractivity contribution in [3.8, 4) is 0 Å². The number of nitrogens with zero attached hydrogens (tertiary/aromatic N) is 1. The van der Waals surface area contributed by atoms with E-state index in [4.69, 9.17) is 0 Å². The SMILES string of the molecule is CCCC(=O)N(Cc1cc2cccc(C)c2[nH]c1=O)c1ccccc1. The normalized spacial score (nSPS) is 10.8. The van der Waals surface area contributed by atoms with Gasteiger partial charge >= 0.3 is 0 Å². The second-order valence-electron chi connectivity index (χ2n) is 6.23. The number of rotatable bonds is 5. The number of anilines is 1. The number of fused-ring (bicyclic) bond motifs is 1. The molecule has 0 fully saturated rings. The van der Waals surface area contributed by atoms with Crippen LogP contribution in [-0.4, -0.2) is 10.9 Å². The zero-order valence-electron chi connectivity index (χ0n) is 14.6. The van der Waals surface area contributed by atoms with E-state index in [1.54, 1.807) is 4.90 Å². The third-order valence-electron chi connectivity index (χ3n) is 4.33. The summed E-state index contributed by atoms with van der Waals surface area (Å²) in [6.07, 6.45) is 1.23. The van der Waals surface area contributed by atoms with Crippen molar-refractivity contribution in [1.29, 1.82) is 0 Å². The molecule has 1 heterocycles. The Morgan fingerprint density at radius 1 is 1.08 bits per heavy atom.